The van der Waals surface area contributed by atoms with Gasteiger partial charge in [-0.05, 0) is 73.5 Å². The molecule has 0 aromatic carbocycles. The summed E-state index contributed by atoms with van der Waals surface area (Å²) in [5.41, 5.74) is 1.55. The van der Waals surface area contributed by atoms with E-state index in [-0.39, 0.29) is 12.1 Å². The Kier molecular flexibility index (Phi) is 7.80. The quantitative estimate of drug-likeness (QED) is 0.388. The zero-order valence-corrected chi connectivity index (χ0v) is 14.3. The number of carbonyl (C=O) groups is 1. The largest absolute Gasteiger partial charge is 0.426 e. The number of hydrogen-bond donors (Lipinski definition) is 0. The highest BCUT2D eigenvalue weighted by molar-refractivity contribution is 5.77. The van der Waals surface area contributed by atoms with Crippen LogP contribution in [0, 0.1) is 5.41 Å². The Morgan fingerprint density at radius 1 is 1.15 bits per heavy atom. The molecule has 116 valence electrons. The second-order valence-corrected chi connectivity index (χ2v) is 6.53. The van der Waals surface area contributed by atoms with E-state index in [1.54, 1.807) is 0 Å². The van der Waals surface area contributed by atoms with E-state index in [4.69, 9.17) is 9.47 Å². The Balaban J connectivity index is 4.72. The standard InChI is InChI=1S/C17H30O3/c1-12(2)11-15(13(3)4)20-16(18)17(7,8)9-10-19-14(5)6/h11,14H,9-10H2,1-8H3. The molecule has 0 saturated heterocycles. The van der Waals surface area contributed by atoms with E-state index in [2.05, 4.69) is 0 Å². The third-order valence-electron chi connectivity index (χ3n) is 2.85. The van der Waals surface area contributed by atoms with Crippen molar-refractivity contribution in [3.63, 3.8) is 0 Å². The molecule has 0 atom stereocenters. The average Bonchev–Trinajstić information content (AvgIpc) is 2.26. The van der Waals surface area contributed by atoms with E-state index in [0.29, 0.717) is 18.8 Å². The van der Waals surface area contributed by atoms with Gasteiger partial charge < -0.3 is 9.47 Å². The molecule has 0 bridgehead atoms. The van der Waals surface area contributed by atoms with Crippen LogP contribution in [0.4, 0.5) is 0 Å². The third kappa shape index (κ3) is 7.49. The molecule has 0 unspecified atom stereocenters. The summed E-state index contributed by atoms with van der Waals surface area (Å²) in [4.78, 5) is 12.3. The number of rotatable bonds is 7. The molecule has 0 spiro atoms. The molecule has 0 fully saturated rings. The molecule has 0 heterocycles. The minimum atomic E-state index is -0.551. The van der Waals surface area contributed by atoms with Crippen LogP contribution in [0.1, 0.15) is 61.8 Å². The predicted molar refractivity (Wildman–Crippen MR) is 83.4 cm³/mol. The molecule has 3 nitrogen and oxygen atoms in total. The topological polar surface area (TPSA) is 35.5 Å². The van der Waals surface area contributed by atoms with Gasteiger partial charge in [0.05, 0.1) is 11.5 Å². The van der Waals surface area contributed by atoms with Crippen molar-refractivity contribution in [3.8, 4) is 0 Å². The summed E-state index contributed by atoms with van der Waals surface area (Å²) in [7, 11) is 0. The molecular formula is C17H30O3. The van der Waals surface area contributed by atoms with Crippen LogP contribution in [0.3, 0.4) is 0 Å². The molecule has 0 radical (unpaired) electrons. The zero-order valence-electron chi connectivity index (χ0n) is 14.3. The summed E-state index contributed by atoms with van der Waals surface area (Å²) >= 11 is 0. The lowest BCUT2D eigenvalue weighted by Crippen LogP contribution is -2.28. The minimum absolute atomic E-state index is 0.181. The Bertz CT molecular complexity index is 379. The predicted octanol–water partition coefficient (Wildman–Crippen LogP) is 4.63. The van der Waals surface area contributed by atoms with Crippen LogP contribution in [0.15, 0.2) is 23.0 Å². The Hall–Kier alpha value is -1.09. The van der Waals surface area contributed by atoms with Crippen molar-refractivity contribution in [1.82, 2.24) is 0 Å². The highest BCUT2D eigenvalue weighted by Gasteiger charge is 2.30. The van der Waals surface area contributed by atoms with E-state index in [1.165, 1.54) is 0 Å². The van der Waals surface area contributed by atoms with E-state index in [0.717, 1.165) is 11.1 Å². The molecule has 0 aromatic heterocycles. The lowest BCUT2D eigenvalue weighted by molar-refractivity contribution is -0.150. The number of esters is 1. The number of allylic oxidation sites excluding steroid dienone is 3. The highest BCUT2D eigenvalue weighted by Crippen LogP contribution is 2.25. The van der Waals surface area contributed by atoms with Crippen LogP contribution >= 0.6 is 0 Å². The normalized spacial score (nSPS) is 11.2. The van der Waals surface area contributed by atoms with Gasteiger partial charge in [0.2, 0.25) is 0 Å². The van der Waals surface area contributed by atoms with Crippen LogP contribution in [0.2, 0.25) is 0 Å². The van der Waals surface area contributed by atoms with Gasteiger partial charge >= 0.3 is 5.97 Å². The summed E-state index contributed by atoms with van der Waals surface area (Å²) in [6, 6.07) is 0. The second kappa shape index (κ2) is 8.25. The maximum atomic E-state index is 12.3. The third-order valence-corrected chi connectivity index (χ3v) is 2.85. The number of ether oxygens (including phenoxy) is 2. The summed E-state index contributed by atoms with van der Waals surface area (Å²) < 4.78 is 11.1. The van der Waals surface area contributed by atoms with E-state index >= 15 is 0 Å². The van der Waals surface area contributed by atoms with Crippen LogP contribution < -0.4 is 0 Å². The van der Waals surface area contributed by atoms with Gasteiger partial charge in [0.15, 0.2) is 0 Å². The molecule has 0 N–H and O–H groups in total. The van der Waals surface area contributed by atoms with Crippen molar-refractivity contribution in [2.24, 2.45) is 5.41 Å². The van der Waals surface area contributed by atoms with Crippen molar-refractivity contribution in [2.45, 2.75) is 67.9 Å². The first-order valence-electron chi connectivity index (χ1n) is 7.22. The average molecular weight is 282 g/mol. The molecule has 0 rings (SSSR count). The van der Waals surface area contributed by atoms with Crippen molar-refractivity contribution in [3.05, 3.63) is 23.0 Å². The fraction of sp³-hybridized carbons (Fsp3) is 0.706. The summed E-state index contributed by atoms with van der Waals surface area (Å²) in [5.74, 6) is 0.436. The Morgan fingerprint density at radius 3 is 2.10 bits per heavy atom. The second-order valence-electron chi connectivity index (χ2n) is 6.53. The first kappa shape index (κ1) is 18.9. The minimum Gasteiger partial charge on any atom is -0.426 e. The number of hydrogen-bond acceptors (Lipinski definition) is 3. The summed E-state index contributed by atoms with van der Waals surface area (Å²) in [5, 5.41) is 0. The van der Waals surface area contributed by atoms with Crippen molar-refractivity contribution >= 4 is 5.97 Å². The van der Waals surface area contributed by atoms with Gasteiger partial charge in [-0.2, -0.15) is 0 Å². The van der Waals surface area contributed by atoms with Crippen LogP contribution in [0.5, 0.6) is 0 Å². The molecule has 0 aliphatic heterocycles. The molecule has 20 heavy (non-hydrogen) atoms. The van der Waals surface area contributed by atoms with Gasteiger partial charge in [-0.15, -0.1) is 0 Å². The Morgan fingerprint density at radius 2 is 1.70 bits per heavy atom. The molecule has 0 amide bonds. The smallest absolute Gasteiger partial charge is 0.316 e. The van der Waals surface area contributed by atoms with Crippen molar-refractivity contribution < 1.29 is 14.3 Å². The van der Waals surface area contributed by atoms with E-state index < -0.39 is 5.41 Å². The summed E-state index contributed by atoms with van der Waals surface area (Å²) in [6.45, 7) is 16.2. The van der Waals surface area contributed by atoms with Gasteiger partial charge in [0, 0.05) is 6.61 Å². The summed E-state index contributed by atoms with van der Waals surface area (Å²) in [6.07, 6.45) is 2.73. The van der Waals surface area contributed by atoms with Crippen LogP contribution in [-0.4, -0.2) is 18.7 Å². The molecule has 0 saturated carbocycles. The van der Waals surface area contributed by atoms with Crippen LogP contribution in [-0.2, 0) is 14.3 Å². The molecular weight excluding hydrogens is 252 g/mol. The van der Waals surface area contributed by atoms with Gasteiger partial charge in [-0.3, -0.25) is 4.79 Å². The van der Waals surface area contributed by atoms with Gasteiger partial charge in [0.25, 0.3) is 0 Å². The lowest BCUT2D eigenvalue weighted by Gasteiger charge is -2.23. The zero-order chi connectivity index (χ0) is 15.9. The van der Waals surface area contributed by atoms with Crippen molar-refractivity contribution in [2.75, 3.05) is 6.61 Å². The van der Waals surface area contributed by atoms with Crippen LogP contribution in [0.25, 0.3) is 0 Å². The highest BCUT2D eigenvalue weighted by atomic mass is 16.5. The molecule has 0 aliphatic carbocycles. The maximum absolute atomic E-state index is 12.3. The Labute approximate surface area is 124 Å². The number of carbonyl (C=O) groups excluding carboxylic acids is 1. The molecule has 3 heteroatoms. The fourth-order valence-corrected chi connectivity index (χ4v) is 1.43. The SMILES string of the molecule is CC(C)=CC(OC(=O)C(C)(C)CCOC(C)C)=C(C)C. The molecule has 0 aromatic rings. The molecule has 0 aliphatic rings. The van der Waals surface area contributed by atoms with Gasteiger partial charge in [0.1, 0.15) is 5.76 Å². The first-order valence-corrected chi connectivity index (χ1v) is 7.22. The van der Waals surface area contributed by atoms with Crippen molar-refractivity contribution in [1.29, 1.82) is 0 Å². The monoisotopic (exact) mass is 282 g/mol. The first-order chi connectivity index (χ1) is 9.06. The van der Waals surface area contributed by atoms with E-state index in [1.807, 2.05) is 61.5 Å². The van der Waals surface area contributed by atoms with Gasteiger partial charge in [-0.1, -0.05) is 5.57 Å². The van der Waals surface area contributed by atoms with Gasteiger partial charge in [-0.25, -0.2) is 0 Å². The van der Waals surface area contributed by atoms with E-state index in [9.17, 15) is 4.79 Å². The maximum Gasteiger partial charge on any atom is 0.316 e. The fourth-order valence-electron chi connectivity index (χ4n) is 1.43. The lowest BCUT2D eigenvalue weighted by atomic mass is 9.90.